The van der Waals surface area contributed by atoms with Gasteiger partial charge < -0.3 is 4.74 Å². The normalized spacial score (nSPS) is 10.3. The first-order chi connectivity index (χ1) is 10.0. The summed E-state index contributed by atoms with van der Waals surface area (Å²) in [6.07, 6.45) is 0. The maximum absolute atomic E-state index is 11.6. The highest BCUT2D eigenvalue weighted by Crippen LogP contribution is 2.30. The molecule has 0 aliphatic rings. The van der Waals surface area contributed by atoms with E-state index in [0.29, 0.717) is 17.2 Å². The van der Waals surface area contributed by atoms with Gasteiger partial charge in [-0.15, -0.1) is 0 Å². The van der Waals surface area contributed by atoms with Gasteiger partial charge in [0.05, 0.1) is 7.14 Å². The van der Waals surface area contributed by atoms with Crippen molar-refractivity contribution in [2.75, 3.05) is 0 Å². The van der Waals surface area contributed by atoms with Gasteiger partial charge >= 0.3 is 0 Å². The van der Waals surface area contributed by atoms with E-state index in [2.05, 4.69) is 50.6 Å². The standard InChI is InChI=1S/C14H11ClI2N2O2/c15-10-4-2-1-3-8(10)7-21-13-11(16)5-9(6-12(13)17)14(20)19-18/h1-6H,7,18H2,(H,19,20). The SMILES string of the molecule is NNC(=O)c1cc(I)c(OCc2ccccc2Cl)c(I)c1. The Hall–Kier alpha value is -0.580. The van der Waals surface area contributed by atoms with Crippen LogP contribution >= 0.6 is 56.8 Å². The number of nitrogen functional groups attached to an aromatic ring is 1. The van der Waals surface area contributed by atoms with Crippen molar-refractivity contribution in [1.82, 2.24) is 5.43 Å². The number of nitrogens with one attached hydrogen (secondary N) is 1. The molecule has 0 heterocycles. The van der Waals surface area contributed by atoms with Gasteiger partial charge in [-0.3, -0.25) is 10.2 Å². The molecule has 0 atom stereocenters. The highest BCUT2D eigenvalue weighted by Gasteiger charge is 2.13. The lowest BCUT2D eigenvalue weighted by Crippen LogP contribution is -2.30. The molecule has 21 heavy (non-hydrogen) atoms. The van der Waals surface area contributed by atoms with Gasteiger partial charge in [-0.25, -0.2) is 5.84 Å². The fourth-order valence-electron chi connectivity index (χ4n) is 1.68. The molecule has 0 aromatic heterocycles. The number of halogens is 3. The fraction of sp³-hybridized carbons (Fsp3) is 0.0714. The van der Waals surface area contributed by atoms with Crippen LogP contribution in [0.25, 0.3) is 0 Å². The number of hydrogen-bond acceptors (Lipinski definition) is 3. The number of hydrogen-bond donors (Lipinski definition) is 2. The minimum absolute atomic E-state index is 0.330. The van der Waals surface area contributed by atoms with Crippen LogP contribution in [0, 0.1) is 7.14 Å². The van der Waals surface area contributed by atoms with Gasteiger partial charge in [-0.05, 0) is 63.4 Å². The van der Waals surface area contributed by atoms with Gasteiger partial charge in [-0.1, -0.05) is 29.8 Å². The quantitative estimate of drug-likeness (QED) is 0.275. The Balaban J connectivity index is 2.21. The van der Waals surface area contributed by atoms with E-state index in [0.717, 1.165) is 18.5 Å². The lowest BCUT2D eigenvalue weighted by atomic mass is 10.2. The Morgan fingerprint density at radius 1 is 1.24 bits per heavy atom. The average molecular weight is 529 g/mol. The monoisotopic (exact) mass is 528 g/mol. The van der Waals surface area contributed by atoms with E-state index in [4.69, 9.17) is 22.2 Å². The molecule has 7 heteroatoms. The number of rotatable bonds is 4. The average Bonchev–Trinajstić information content (AvgIpc) is 2.47. The van der Waals surface area contributed by atoms with Crippen molar-refractivity contribution >= 4 is 62.7 Å². The van der Waals surface area contributed by atoms with Crippen LogP contribution in [-0.4, -0.2) is 5.91 Å². The Morgan fingerprint density at radius 3 is 2.43 bits per heavy atom. The number of benzene rings is 2. The van der Waals surface area contributed by atoms with Crippen LogP contribution in [0.15, 0.2) is 36.4 Å². The highest BCUT2D eigenvalue weighted by atomic mass is 127. The van der Waals surface area contributed by atoms with Gasteiger partial charge in [-0.2, -0.15) is 0 Å². The molecule has 3 N–H and O–H groups in total. The first-order valence-corrected chi connectivity index (χ1v) is 8.42. The smallest absolute Gasteiger partial charge is 0.265 e. The fourth-order valence-corrected chi connectivity index (χ4v) is 3.95. The summed E-state index contributed by atoms with van der Waals surface area (Å²) in [5.41, 5.74) is 3.52. The molecule has 0 unspecified atom stereocenters. The van der Waals surface area contributed by atoms with Crippen molar-refractivity contribution in [3.8, 4) is 5.75 Å². The summed E-state index contributed by atoms with van der Waals surface area (Å²) in [7, 11) is 0. The van der Waals surface area contributed by atoms with Crippen molar-refractivity contribution in [3.63, 3.8) is 0 Å². The molecule has 4 nitrogen and oxygen atoms in total. The Morgan fingerprint density at radius 2 is 1.86 bits per heavy atom. The number of carbonyl (C=O) groups excluding carboxylic acids is 1. The van der Waals surface area contributed by atoms with Gasteiger partial charge in [0.25, 0.3) is 5.91 Å². The third kappa shape index (κ3) is 4.21. The molecule has 1 amide bonds. The molecule has 2 rings (SSSR count). The number of amides is 1. The molecule has 2 aromatic rings. The van der Waals surface area contributed by atoms with Crippen LogP contribution in [0.2, 0.25) is 5.02 Å². The molecule has 0 saturated heterocycles. The largest absolute Gasteiger partial charge is 0.487 e. The summed E-state index contributed by atoms with van der Waals surface area (Å²) in [6.45, 7) is 0.369. The van der Waals surface area contributed by atoms with Crippen LogP contribution < -0.4 is 16.0 Å². The molecule has 0 saturated carbocycles. The van der Waals surface area contributed by atoms with E-state index in [-0.39, 0.29) is 5.91 Å². The van der Waals surface area contributed by atoms with Crippen LogP contribution in [0.3, 0.4) is 0 Å². The summed E-state index contributed by atoms with van der Waals surface area (Å²) in [4.78, 5) is 11.6. The molecule has 0 aliphatic heterocycles. The second kappa shape index (κ2) is 7.61. The second-order valence-electron chi connectivity index (χ2n) is 4.12. The van der Waals surface area contributed by atoms with E-state index >= 15 is 0 Å². The van der Waals surface area contributed by atoms with Crippen LogP contribution in [0.1, 0.15) is 15.9 Å². The van der Waals surface area contributed by atoms with Crippen LogP contribution in [0.5, 0.6) is 5.75 Å². The van der Waals surface area contributed by atoms with Gasteiger partial charge in [0.15, 0.2) is 0 Å². The van der Waals surface area contributed by atoms with Crippen LogP contribution in [-0.2, 0) is 6.61 Å². The number of nitrogens with two attached hydrogens (primary N) is 1. The summed E-state index contributed by atoms with van der Waals surface area (Å²) in [5.74, 6) is 5.54. The van der Waals surface area contributed by atoms with Crippen molar-refractivity contribution in [3.05, 3.63) is 59.7 Å². The zero-order chi connectivity index (χ0) is 15.4. The molecule has 0 fully saturated rings. The first kappa shape index (κ1) is 16.8. The number of carbonyl (C=O) groups is 1. The zero-order valence-electron chi connectivity index (χ0n) is 10.7. The minimum atomic E-state index is -0.330. The highest BCUT2D eigenvalue weighted by molar-refractivity contribution is 14.1. The van der Waals surface area contributed by atoms with E-state index in [9.17, 15) is 4.79 Å². The Labute approximate surface area is 154 Å². The number of ether oxygens (including phenoxy) is 1. The van der Waals surface area contributed by atoms with Crippen molar-refractivity contribution < 1.29 is 9.53 Å². The maximum Gasteiger partial charge on any atom is 0.265 e. The molecule has 2 aromatic carbocycles. The van der Waals surface area contributed by atoms with E-state index in [1.165, 1.54) is 0 Å². The van der Waals surface area contributed by atoms with E-state index < -0.39 is 0 Å². The topological polar surface area (TPSA) is 64.3 Å². The lowest BCUT2D eigenvalue weighted by molar-refractivity contribution is 0.0953. The molecular weight excluding hydrogens is 517 g/mol. The van der Waals surface area contributed by atoms with E-state index in [1.54, 1.807) is 12.1 Å². The van der Waals surface area contributed by atoms with Gasteiger partial charge in [0, 0.05) is 16.1 Å². The van der Waals surface area contributed by atoms with Gasteiger partial charge in [0.2, 0.25) is 0 Å². The molecule has 0 aliphatic carbocycles. The second-order valence-corrected chi connectivity index (χ2v) is 6.85. The summed E-state index contributed by atoms with van der Waals surface area (Å²) < 4.78 is 7.52. The van der Waals surface area contributed by atoms with Crippen molar-refractivity contribution in [1.29, 1.82) is 0 Å². The molecular formula is C14H11ClI2N2O2. The number of hydrazine groups is 1. The van der Waals surface area contributed by atoms with E-state index in [1.807, 2.05) is 24.3 Å². The summed E-state index contributed by atoms with van der Waals surface area (Å²) in [6, 6.07) is 11.0. The molecule has 0 spiro atoms. The predicted octanol–water partition coefficient (Wildman–Crippen LogP) is 3.73. The third-order valence-electron chi connectivity index (χ3n) is 2.72. The summed E-state index contributed by atoms with van der Waals surface area (Å²) in [5, 5.41) is 0.668. The third-order valence-corrected chi connectivity index (χ3v) is 4.69. The zero-order valence-corrected chi connectivity index (χ0v) is 15.8. The Bertz CT molecular complexity index is 657. The minimum Gasteiger partial charge on any atom is -0.487 e. The Kier molecular flexibility index (Phi) is 6.08. The first-order valence-electron chi connectivity index (χ1n) is 5.89. The predicted molar refractivity (Wildman–Crippen MR) is 99.3 cm³/mol. The molecule has 0 bridgehead atoms. The maximum atomic E-state index is 11.6. The van der Waals surface area contributed by atoms with Crippen molar-refractivity contribution in [2.45, 2.75) is 6.61 Å². The molecule has 0 radical (unpaired) electrons. The summed E-state index contributed by atoms with van der Waals surface area (Å²) >= 11 is 10.4. The van der Waals surface area contributed by atoms with Gasteiger partial charge in [0.1, 0.15) is 12.4 Å². The van der Waals surface area contributed by atoms with Crippen molar-refractivity contribution in [2.24, 2.45) is 5.84 Å². The van der Waals surface area contributed by atoms with Crippen LogP contribution in [0.4, 0.5) is 0 Å². The molecule has 110 valence electrons. The lowest BCUT2D eigenvalue weighted by Gasteiger charge is -2.12.